The third kappa shape index (κ3) is 7.56. The van der Waals surface area contributed by atoms with E-state index in [1.807, 2.05) is 0 Å². The van der Waals surface area contributed by atoms with Gasteiger partial charge < -0.3 is 9.13 Å². The van der Waals surface area contributed by atoms with Crippen molar-refractivity contribution in [3.05, 3.63) is 210 Å². The van der Waals surface area contributed by atoms with Crippen molar-refractivity contribution in [1.29, 1.82) is 0 Å². The summed E-state index contributed by atoms with van der Waals surface area (Å²) in [5.74, 6) is 0.695. The molecule has 0 saturated heterocycles. The maximum atomic E-state index is 5.61. The van der Waals surface area contributed by atoms with Gasteiger partial charge in [0.2, 0.25) is 0 Å². The molecule has 0 atom stereocenters. The maximum absolute atomic E-state index is 5.61. The van der Waals surface area contributed by atoms with Crippen LogP contribution in [0.5, 0.6) is 0 Å². The van der Waals surface area contributed by atoms with Gasteiger partial charge in [-0.25, -0.2) is 9.97 Å². The largest absolute Gasteiger partial charge is 0.310 e. The van der Waals surface area contributed by atoms with E-state index < -0.39 is 0 Å². The van der Waals surface area contributed by atoms with Crippen molar-refractivity contribution in [2.45, 2.75) is 105 Å². The van der Waals surface area contributed by atoms with Crippen LogP contribution in [-0.2, 0) is 21.7 Å². The summed E-state index contributed by atoms with van der Waals surface area (Å²) in [5.41, 5.74) is 25.9. The molecule has 79 heavy (non-hydrogen) atoms. The quantitative estimate of drug-likeness (QED) is 0.161. The molecule has 5 heterocycles. The van der Waals surface area contributed by atoms with Crippen LogP contribution < -0.4 is 16.4 Å². The summed E-state index contributed by atoms with van der Waals surface area (Å²) < 4.78 is 5.37. The first kappa shape index (κ1) is 49.1. The molecule has 2 aliphatic rings. The molecule has 2 aliphatic heterocycles. The standard InChI is InChI=1S/C74H67BN4/c1-71(2,3)49-39-53(73(7,8)9)65-59(41-49)78-61-37-48(70-76-57(46-29-21-15-22-30-46)43-58(77-70)47-31-23-16-24-32-47)38-62-67(61)75(55-35-33-51(63(65)68(55)78)44-25-17-13-18-26-44)56-36-34-52(45-27-19-14-20-28-45)64-66-54(74(10,11)12)40-50(72(4,5)6)42-60(66)79(62)69(56)64/h13-43H,1-12H3. The summed E-state index contributed by atoms with van der Waals surface area (Å²) in [6.45, 7) is 28.5. The first-order valence-electron chi connectivity index (χ1n) is 28.4. The highest BCUT2D eigenvalue weighted by Crippen LogP contribution is 2.50. The van der Waals surface area contributed by atoms with Gasteiger partial charge in [-0.1, -0.05) is 241 Å². The predicted molar refractivity (Wildman–Crippen MR) is 337 cm³/mol. The highest BCUT2D eigenvalue weighted by Gasteiger charge is 2.44. The molecule has 0 spiro atoms. The van der Waals surface area contributed by atoms with Crippen molar-refractivity contribution >= 4 is 66.7 Å². The Morgan fingerprint density at radius 1 is 0.342 bits per heavy atom. The number of aromatic nitrogens is 4. The van der Waals surface area contributed by atoms with Crippen LogP contribution in [0.2, 0.25) is 0 Å². The van der Waals surface area contributed by atoms with Crippen LogP contribution >= 0.6 is 0 Å². The van der Waals surface area contributed by atoms with Gasteiger partial charge in [-0.15, -0.1) is 0 Å². The van der Waals surface area contributed by atoms with E-state index in [2.05, 4.69) is 280 Å². The highest BCUT2D eigenvalue weighted by molar-refractivity contribution is 7.00. The first-order chi connectivity index (χ1) is 37.7. The number of hydrogen-bond acceptors (Lipinski definition) is 2. The molecule has 12 aromatic rings. The molecule has 3 aromatic heterocycles. The normalized spacial score (nSPS) is 13.3. The van der Waals surface area contributed by atoms with Crippen molar-refractivity contribution in [3.63, 3.8) is 0 Å². The minimum Gasteiger partial charge on any atom is -0.310 e. The summed E-state index contributed by atoms with van der Waals surface area (Å²) in [6, 6.07) is 70.4. The lowest BCUT2D eigenvalue weighted by Crippen LogP contribution is -2.59. The van der Waals surface area contributed by atoms with Crippen LogP contribution in [0.1, 0.15) is 105 Å². The Morgan fingerprint density at radius 3 is 1.06 bits per heavy atom. The number of rotatable bonds is 5. The molecular formula is C74H67BN4. The SMILES string of the molecule is CC(C)(C)c1cc(C(C)(C)C)c2c3c(-c4ccccc4)ccc4c3n(c2c1)-c1cc(-c2nc(-c3ccccc3)cc(-c3ccccc3)n2)cc2c1B4c1ccc(-c3ccccc3)c3c4c(C(C)(C)C)cc(C(C)(C)C)cc4n-2c13. The molecule has 0 fully saturated rings. The fourth-order valence-corrected chi connectivity index (χ4v) is 13.3. The van der Waals surface area contributed by atoms with Gasteiger partial charge in [0.15, 0.2) is 5.82 Å². The molecule has 0 saturated carbocycles. The maximum Gasteiger partial charge on any atom is 0.252 e. The lowest BCUT2D eigenvalue weighted by Gasteiger charge is -2.34. The fourth-order valence-electron chi connectivity index (χ4n) is 13.3. The molecule has 4 nitrogen and oxygen atoms in total. The molecule has 14 rings (SSSR count). The predicted octanol–water partition coefficient (Wildman–Crippen LogP) is 17.3. The summed E-state index contributed by atoms with van der Waals surface area (Å²) in [5, 5.41) is 5.26. The smallest absolute Gasteiger partial charge is 0.252 e. The molecule has 0 unspecified atom stereocenters. The van der Waals surface area contributed by atoms with Crippen molar-refractivity contribution < 1.29 is 0 Å². The molecule has 5 heteroatoms. The number of benzene rings is 9. The van der Waals surface area contributed by atoms with Crippen LogP contribution in [0, 0.1) is 0 Å². The van der Waals surface area contributed by atoms with E-state index in [1.54, 1.807) is 0 Å². The Hall–Kier alpha value is -8.28. The van der Waals surface area contributed by atoms with Crippen molar-refractivity contribution in [2.75, 3.05) is 0 Å². The third-order valence-electron chi connectivity index (χ3n) is 17.3. The average molecular weight is 1020 g/mol. The lowest BCUT2D eigenvalue weighted by molar-refractivity contribution is 0.572. The highest BCUT2D eigenvalue weighted by atomic mass is 15.0. The van der Waals surface area contributed by atoms with Gasteiger partial charge in [0.1, 0.15) is 0 Å². The first-order valence-corrected chi connectivity index (χ1v) is 28.4. The number of hydrogen-bond donors (Lipinski definition) is 0. The molecular weight excluding hydrogens is 956 g/mol. The molecule has 0 N–H and O–H groups in total. The average Bonchev–Trinajstić information content (AvgIpc) is 2.29. The molecule has 0 aliphatic carbocycles. The van der Waals surface area contributed by atoms with Crippen LogP contribution in [-0.4, -0.2) is 25.8 Å². The van der Waals surface area contributed by atoms with Gasteiger partial charge >= 0.3 is 0 Å². The van der Waals surface area contributed by atoms with E-state index >= 15 is 0 Å². The Balaban J connectivity index is 1.23. The van der Waals surface area contributed by atoms with Crippen LogP contribution in [0.25, 0.3) is 111 Å². The van der Waals surface area contributed by atoms with Gasteiger partial charge in [-0.2, -0.15) is 0 Å². The monoisotopic (exact) mass is 1020 g/mol. The van der Waals surface area contributed by atoms with Gasteiger partial charge in [-0.3, -0.25) is 0 Å². The molecule has 0 amide bonds. The lowest BCUT2D eigenvalue weighted by atomic mass is 9.34. The summed E-state index contributed by atoms with van der Waals surface area (Å²) in [7, 11) is 0. The van der Waals surface area contributed by atoms with Crippen LogP contribution in [0.3, 0.4) is 0 Å². The zero-order valence-corrected chi connectivity index (χ0v) is 47.8. The van der Waals surface area contributed by atoms with E-state index in [-0.39, 0.29) is 28.4 Å². The van der Waals surface area contributed by atoms with E-state index in [1.165, 1.54) is 116 Å². The zero-order chi connectivity index (χ0) is 54.7. The van der Waals surface area contributed by atoms with Crippen molar-refractivity contribution in [1.82, 2.24) is 19.1 Å². The van der Waals surface area contributed by atoms with Crippen molar-refractivity contribution in [2.24, 2.45) is 0 Å². The second-order valence-corrected chi connectivity index (χ2v) is 26.6. The summed E-state index contributed by atoms with van der Waals surface area (Å²) in [6.07, 6.45) is 0. The number of fused-ring (bicyclic) bond motifs is 10. The Labute approximate surface area is 465 Å². The van der Waals surface area contributed by atoms with E-state index in [4.69, 9.17) is 9.97 Å². The fraction of sp³-hybridized carbons (Fsp3) is 0.216. The van der Waals surface area contributed by atoms with Gasteiger partial charge in [0.05, 0.1) is 33.5 Å². The molecule has 386 valence electrons. The topological polar surface area (TPSA) is 35.6 Å². The molecule has 0 bridgehead atoms. The van der Waals surface area contributed by atoms with Crippen molar-refractivity contribution in [3.8, 4) is 67.5 Å². The van der Waals surface area contributed by atoms with Crippen LogP contribution in [0.15, 0.2) is 188 Å². The third-order valence-corrected chi connectivity index (χ3v) is 17.3. The van der Waals surface area contributed by atoms with Gasteiger partial charge in [0, 0.05) is 49.6 Å². The summed E-state index contributed by atoms with van der Waals surface area (Å²) >= 11 is 0. The molecule has 9 aromatic carbocycles. The Morgan fingerprint density at radius 2 is 0.709 bits per heavy atom. The number of nitrogens with zero attached hydrogens (tertiary/aromatic N) is 4. The minimum absolute atomic E-state index is 0.0934. The van der Waals surface area contributed by atoms with E-state index in [0.29, 0.717) is 5.82 Å². The van der Waals surface area contributed by atoms with Gasteiger partial charge in [0.25, 0.3) is 6.71 Å². The zero-order valence-electron chi connectivity index (χ0n) is 47.8. The molecule has 0 radical (unpaired) electrons. The Kier molecular flexibility index (Phi) is 10.6. The Bertz CT molecular complexity index is 4200. The van der Waals surface area contributed by atoms with Crippen LogP contribution in [0.4, 0.5) is 0 Å². The van der Waals surface area contributed by atoms with Gasteiger partial charge in [-0.05, 0) is 113 Å². The summed E-state index contributed by atoms with van der Waals surface area (Å²) in [4.78, 5) is 11.2. The van der Waals surface area contributed by atoms with E-state index in [9.17, 15) is 0 Å². The second-order valence-electron chi connectivity index (χ2n) is 26.6. The van der Waals surface area contributed by atoms with E-state index in [0.717, 1.165) is 28.1 Å². The second kappa shape index (κ2) is 17.1. The minimum atomic E-state index is -0.175.